The number of carbonyl (C=O) groups excluding carboxylic acids is 2. The molecular weight excluding hydrogens is 268 g/mol. The lowest BCUT2D eigenvalue weighted by Gasteiger charge is -2.14. The van der Waals surface area contributed by atoms with Crippen molar-refractivity contribution in [2.45, 2.75) is 39.5 Å². The van der Waals surface area contributed by atoms with Crippen molar-refractivity contribution in [3.05, 3.63) is 35.4 Å². The Labute approximate surface area is 126 Å². The molecule has 116 valence electrons. The van der Waals surface area contributed by atoms with Crippen molar-refractivity contribution < 1.29 is 19.1 Å². The summed E-state index contributed by atoms with van der Waals surface area (Å²) in [6.07, 6.45) is 4.36. The van der Waals surface area contributed by atoms with Crippen LogP contribution in [0.5, 0.6) is 0 Å². The molecule has 0 fully saturated rings. The number of ether oxygens (including phenoxy) is 2. The predicted octanol–water partition coefficient (Wildman–Crippen LogP) is 3.85. The minimum Gasteiger partial charge on any atom is -0.465 e. The quantitative estimate of drug-likeness (QED) is 0.683. The zero-order valence-corrected chi connectivity index (χ0v) is 13.1. The lowest BCUT2D eigenvalue weighted by Crippen LogP contribution is -2.14. The van der Waals surface area contributed by atoms with Crippen molar-refractivity contribution in [1.29, 1.82) is 0 Å². The standard InChI is InChI=1S/C17H24O4/c1-4-6-8-13(5-2)12-21-17(19)15-10-7-9-14(11-15)16(18)20-3/h7,9-11,13H,4-6,8,12H2,1-3H3. The van der Waals surface area contributed by atoms with Crippen LogP contribution in [0.15, 0.2) is 24.3 Å². The van der Waals surface area contributed by atoms with Gasteiger partial charge in [0.25, 0.3) is 0 Å². The third-order valence-corrected chi connectivity index (χ3v) is 3.51. The fourth-order valence-electron chi connectivity index (χ4n) is 2.07. The first-order valence-electron chi connectivity index (χ1n) is 7.47. The van der Waals surface area contributed by atoms with Gasteiger partial charge in [-0.1, -0.05) is 39.2 Å². The Morgan fingerprint density at radius 1 is 1.14 bits per heavy atom. The summed E-state index contributed by atoms with van der Waals surface area (Å²) in [7, 11) is 1.31. The molecule has 0 saturated carbocycles. The molecule has 1 atom stereocenters. The molecule has 0 amide bonds. The van der Waals surface area contributed by atoms with Gasteiger partial charge in [-0.05, 0) is 30.5 Å². The van der Waals surface area contributed by atoms with Crippen LogP contribution in [0.1, 0.15) is 60.2 Å². The van der Waals surface area contributed by atoms with Crippen molar-refractivity contribution in [2.75, 3.05) is 13.7 Å². The summed E-state index contributed by atoms with van der Waals surface area (Å²) in [5, 5.41) is 0. The van der Waals surface area contributed by atoms with Gasteiger partial charge in [-0.25, -0.2) is 9.59 Å². The van der Waals surface area contributed by atoms with Crippen LogP contribution < -0.4 is 0 Å². The first kappa shape index (κ1) is 17.2. The van der Waals surface area contributed by atoms with Gasteiger partial charge in [-0.15, -0.1) is 0 Å². The van der Waals surface area contributed by atoms with E-state index in [0.29, 0.717) is 23.7 Å². The summed E-state index contributed by atoms with van der Waals surface area (Å²) in [5.41, 5.74) is 0.730. The molecule has 1 aromatic rings. The van der Waals surface area contributed by atoms with E-state index in [1.807, 2.05) is 0 Å². The van der Waals surface area contributed by atoms with E-state index in [1.165, 1.54) is 13.2 Å². The molecule has 4 heteroatoms. The molecule has 21 heavy (non-hydrogen) atoms. The summed E-state index contributed by atoms with van der Waals surface area (Å²) >= 11 is 0. The largest absolute Gasteiger partial charge is 0.465 e. The predicted molar refractivity (Wildman–Crippen MR) is 81.4 cm³/mol. The molecule has 0 aliphatic carbocycles. The first-order chi connectivity index (χ1) is 10.1. The Balaban J connectivity index is 2.61. The van der Waals surface area contributed by atoms with E-state index >= 15 is 0 Å². The van der Waals surface area contributed by atoms with E-state index in [1.54, 1.807) is 18.2 Å². The van der Waals surface area contributed by atoms with Gasteiger partial charge in [-0.2, -0.15) is 0 Å². The van der Waals surface area contributed by atoms with Crippen molar-refractivity contribution in [3.63, 3.8) is 0 Å². The number of methoxy groups -OCH3 is 1. The average Bonchev–Trinajstić information content (AvgIpc) is 2.54. The maximum atomic E-state index is 12.0. The van der Waals surface area contributed by atoms with Crippen molar-refractivity contribution >= 4 is 11.9 Å². The van der Waals surface area contributed by atoms with E-state index in [-0.39, 0.29) is 0 Å². The van der Waals surface area contributed by atoms with Crippen LogP contribution in [0, 0.1) is 5.92 Å². The normalized spacial score (nSPS) is 11.8. The highest BCUT2D eigenvalue weighted by atomic mass is 16.5. The molecule has 0 aliphatic rings. The molecule has 0 N–H and O–H groups in total. The van der Waals surface area contributed by atoms with E-state index in [2.05, 4.69) is 18.6 Å². The smallest absolute Gasteiger partial charge is 0.338 e. The molecule has 0 heterocycles. The fraction of sp³-hybridized carbons (Fsp3) is 0.529. The first-order valence-corrected chi connectivity index (χ1v) is 7.47. The number of unbranched alkanes of at least 4 members (excludes halogenated alkanes) is 1. The third-order valence-electron chi connectivity index (χ3n) is 3.51. The van der Waals surface area contributed by atoms with Crippen LogP contribution in [-0.4, -0.2) is 25.7 Å². The third kappa shape index (κ3) is 5.58. The van der Waals surface area contributed by atoms with Crippen molar-refractivity contribution in [3.8, 4) is 0 Å². The Hall–Kier alpha value is -1.84. The second kappa shape index (κ2) is 9.16. The Morgan fingerprint density at radius 2 is 1.81 bits per heavy atom. The topological polar surface area (TPSA) is 52.6 Å². The van der Waals surface area contributed by atoms with Crippen LogP contribution in [0.25, 0.3) is 0 Å². The van der Waals surface area contributed by atoms with Crippen LogP contribution in [-0.2, 0) is 9.47 Å². The summed E-state index contributed by atoms with van der Waals surface area (Å²) in [6.45, 7) is 4.68. The summed E-state index contributed by atoms with van der Waals surface area (Å²) in [6, 6.07) is 6.40. The number of carbonyl (C=O) groups is 2. The van der Waals surface area contributed by atoms with Gasteiger partial charge >= 0.3 is 11.9 Å². The van der Waals surface area contributed by atoms with Crippen molar-refractivity contribution in [2.24, 2.45) is 5.92 Å². The van der Waals surface area contributed by atoms with E-state index in [9.17, 15) is 9.59 Å². The van der Waals surface area contributed by atoms with Gasteiger partial charge in [0, 0.05) is 0 Å². The van der Waals surface area contributed by atoms with Crippen LogP contribution in [0.2, 0.25) is 0 Å². The van der Waals surface area contributed by atoms with Gasteiger partial charge in [-0.3, -0.25) is 0 Å². The zero-order valence-electron chi connectivity index (χ0n) is 13.1. The molecule has 1 aromatic carbocycles. The number of hydrogen-bond acceptors (Lipinski definition) is 4. The zero-order chi connectivity index (χ0) is 15.7. The molecule has 4 nitrogen and oxygen atoms in total. The minimum absolute atomic E-state index is 0.352. The maximum Gasteiger partial charge on any atom is 0.338 e. The summed E-state index contributed by atoms with van der Waals surface area (Å²) in [4.78, 5) is 23.5. The number of hydrogen-bond donors (Lipinski definition) is 0. The Kier molecular flexibility index (Phi) is 7.51. The van der Waals surface area contributed by atoms with E-state index in [4.69, 9.17) is 4.74 Å². The number of esters is 2. The van der Waals surface area contributed by atoms with Gasteiger partial charge in [0.05, 0.1) is 24.8 Å². The summed E-state index contributed by atoms with van der Waals surface area (Å²) in [5.74, 6) is -0.451. The lowest BCUT2D eigenvalue weighted by molar-refractivity contribution is 0.0428. The van der Waals surface area contributed by atoms with Crippen LogP contribution in [0.4, 0.5) is 0 Å². The molecule has 1 rings (SSSR count). The van der Waals surface area contributed by atoms with E-state index in [0.717, 1.165) is 25.7 Å². The van der Waals surface area contributed by atoms with Gasteiger partial charge in [0.1, 0.15) is 0 Å². The highest BCUT2D eigenvalue weighted by Crippen LogP contribution is 2.14. The van der Waals surface area contributed by atoms with Crippen molar-refractivity contribution in [1.82, 2.24) is 0 Å². The minimum atomic E-state index is -0.459. The monoisotopic (exact) mass is 292 g/mol. The highest BCUT2D eigenvalue weighted by Gasteiger charge is 2.14. The summed E-state index contributed by atoms with van der Waals surface area (Å²) < 4.78 is 10.00. The molecule has 0 aliphatic heterocycles. The number of benzene rings is 1. The maximum absolute atomic E-state index is 12.0. The number of rotatable bonds is 8. The molecule has 1 unspecified atom stereocenters. The SMILES string of the molecule is CCCCC(CC)COC(=O)c1cccc(C(=O)OC)c1. The van der Waals surface area contributed by atoms with Crippen LogP contribution >= 0.6 is 0 Å². The molecule has 0 radical (unpaired) electrons. The molecule has 0 saturated heterocycles. The van der Waals surface area contributed by atoms with Gasteiger partial charge < -0.3 is 9.47 Å². The fourth-order valence-corrected chi connectivity index (χ4v) is 2.07. The van der Waals surface area contributed by atoms with E-state index < -0.39 is 11.9 Å². The second-order valence-electron chi connectivity index (χ2n) is 5.09. The van der Waals surface area contributed by atoms with Gasteiger partial charge in [0.15, 0.2) is 0 Å². The average molecular weight is 292 g/mol. The Morgan fingerprint density at radius 3 is 2.38 bits per heavy atom. The molecule has 0 bridgehead atoms. The molecule has 0 aromatic heterocycles. The van der Waals surface area contributed by atoms with Crippen LogP contribution in [0.3, 0.4) is 0 Å². The van der Waals surface area contributed by atoms with Gasteiger partial charge in [0.2, 0.25) is 0 Å². The molecular formula is C17H24O4. The second-order valence-corrected chi connectivity index (χ2v) is 5.09. The highest BCUT2D eigenvalue weighted by molar-refractivity contribution is 5.95. The Bertz CT molecular complexity index is 468. The lowest BCUT2D eigenvalue weighted by atomic mass is 10.0. The molecule has 0 spiro atoms.